The molecule has 4 saturated heterocycles. The highest BCUT2D eigenvalue weighted by atomic mass is 32.2. The van der Waals surface area contributed by atoms with E-state index in [0.29, 0.717) is 25.7 Å². The van der Waals surface area contributed by atoms with Crippen molar-refractivity contribution in [3.63, 3.8) is 0 Å². The molecule has 1 spiro atoms. The summed E-state index contributed by atoms with van der Waals surface area (Å²) in [6.45, 7) is 4.13. The number of amides is 2. The lowest BCUT2D eigenvalue weighted by Crippen LogP contribution is -2.62. The Kier molecular flexibility index (Phi) is 5.41. The van der Waals surface area contributed by atoms with Gasteiger partial charge in [0, 0.05) is 32.2 Å². The predicted molar refractivity (Wildman–Crippen MR) is 102 cm³/mol. The molecule has 28 heavy (non-hydrogen) atoms. The highest BCUT2D eigenvalue weighted by Gasteiger charge is 2.60. The Labute approximate surface area is 166 Å². The second-order valence-corrected chi connectivity index (χ2v) is 10.4. The largest absolute Gasteiger partial charge is 0.361 e. The van der Waals surface area contributed by atoms with Crippen LogP contribution in [0, 0.1) is 5.92 Å². The van der Waals surface area contributed by atoms with Crippen LogP contribution in [0.1, 0.15) is 25.7 Å². The summed E-state index contributed by atoms with van der Waals surface area (Å²) in [5.41, 5.74) is -1.41. The van der Waals surface area contributed by atoms with Crippen molar-refractivity contribution in [1.82, 2.24) is 19.4 Å². The average Bonchev–Trinajstić information content (AvgIpc) is 3.32. The van der Waals surface area contributed by atoms with Crippen molar-refractivity contribution in [2.45, 2.75) is 37.3 Å². The second-order valence-electron chi connectivity index (χ2n) is 8.40. The standard InChI is InChI=1S/C18H30N4O5S/c1-28(25,26)22-12-15(18(13-22)17(24)19-6-11-27-18)16(23)21-9-4-14(5-10-21)20-7-2-3-8-20/h14-15H,2-13H2,1H3,(H,19,24)/t15-,18-/m1/s1. The van der Waals surface area contributed by atoms with Crippen molar-refractivity contribution in [2.24, 2.45) is 5.92 Å². The zero-order valence-corrected chi connectivity index (χ0v) is 17.2. The van der Waals surface area contributed by atoms with E-state index in [9.17, 15) is 18.0 Å². The fraction of sp³-hybridized carbons (Fsp3) is 0.889. The molecular weight excluding hydrogens is 384 g/mol. The molecular formula is C18H30N4O5S. The molecule has 4 aliphatic heterocycles. The van der Waals surface area contributed by atoms with Gasteiger partial charge in [0.25, 0.3) is 5.91 Å². The number of ether oxygens (including phenoxy) is 1. The van der Waals surface area contributed by atoms with Crippen molar-refractivity contribution in [1.29, 1.82) is 0 Å². The van der Waals surface area contributed by atoms with Crippen molar-refractivity contribution in [3.8, 4) is 0 Å². The van der Waals surface area contributed by atoms with E-state index in [1.807, 2.05) is 0 Å². The highest BCUT2D eigenvalue weighted by molar-refractivity contribution is 7.88. The van der Waals surface area contributed by atoms with Crippen molar-refractivity contribution in [2.75, 3.05) is 58.7 Å². The van der Waals surface area contributed by atoms with Gasteiger partial charge in [0.05, 0.1) is 25.3 Å². The molecule has 0 saturated carbocycles. The van der Waals surface area contributed by atoms with Crippen LogP contribution in [0.25, 0.3) is 0 Å². The summed E-state index contributed by atoms with van der Waals surface area (Å²) in [6, 6.07) is 0.519. The number of nitrogens with zero attached hydrogens (tertiary/aromatic N) is 3. The fourth-order valence-electron chi connectivity index (χ4n) is 5.09. The topological polar surface area (TPSA) is 99.3 Å². The molecule has 4 heterocycles. The number of carbonyl (C=O) groups is 2. The molecule has 0 bridgehead atoms. The summed E-state index contributed by atoms with van der Waals surface area (Å²) in [6.07, 6.45) is 5.45. The molecule has 2 amide bonds. The number of carbonyl (C=O) groups excluding carboxylic acids is 2. The van der Waals surface area contributed by atoms with Crippen LogP contribution in [-0.2, 0) is 24.3 Å². The number of hydrogen-bond acceptors (Lipinski definition) is 6. The number of likely N-dealkylation sites (tertiary alicyclic amines) is 2. The molecule has 4 fully saturated rings. The minimum absolute atomic E-state index is 0.00284. The smallest absolute Gasteiger partial charge is 0.254 e. The van der Waals surface area contributed by atoms with Gasteiger partial charge in [-0.15, -0.1) is 0 Å². The molecule has 158 valence electrons. The van der Waals surface area contributed by atoms with Crippen LogP contribution in [0.5, 0.6) is 0 Å². The van der Waals surface area contributed by atoms with E-state index in [4.69, 9.17) is 4.74 Å². The number of nitrogens with one attached hydrogen (secondary N) is 1. The van der Waals surface area contributed by atoms with E-state index in [0.717, 1.165) is 32.2 Å². The van der Waals surface area contributed by atoms with Gasteiger partial charge in [0.1, 0.15) is 0 Å². The predicted octanol–water partition coefficient (Wildman–Crippen LogP) is -1.15. The van der Waals surface area contributed by atoms with Crippen LogP contribution in [-0.4, -0.2) is 105 Å². The maximum atomic E-state index is 13.4. The monoisotopic (exact) mass is 414 g/mol. The van der Waals surface area contributed by atoms with Crippen LogP contribution in [0.15, 0.2) is 0 Å². The lowest BCUT2D eigenvalue weighted by atomic mass is 9.86. The summed E-state index contributed by atoms with van der Waals surface area (Å²) >= 11 is 0. The van der Waals surface area contributed by atoms with Crippen molar-refractivity contribution >= 4 is 21.8 Å². The maximum absolute atomic E-state index is 13.4. The zero-order valence-electron chi connectivity index (χ0n) is 16.4. The molecule has 0 unspecified atom stereocenters. The number of rotatable bonds is 3. The first kappa shape index (κ1) is 20.1. The van der Waals surface area contributed by atoms with Gasteiger partial charge in [0.2, 0.25) is 15.9 Å². The van der Waals surface area contributed by atoms with Crippen molar-refractivity contribution in [3.05, 3.63) is 0 Å². The third-order valence-electron chi connectivity index (χ3n) is 6.69. The van der Waals surface area contributed by atoms with Gasteiger partial charge < -0.3 is 19.9 Å². The second kappa shape index (κ2) is 7.55. The number of piperidine rings is 1. The summed E-state index contributed by atoms with van der Waals surface area (Å²) < 4.78 is 31.2. The minimum atomic E-state index is -3.52. The van der Waals surface area contributed by atoms with Gasteiger partial charge in [-0.05, 0) is 38.8 Å². The van der Waals surface area contributed by atoms with E-state index in [1.54, 1.807) is 4.90 Å². The molecule has 0 aliphatic carbocycles. The molecule has 0 aromatic heterocycles. The van der Waals surface area contributed by atoms with Gasteiger partial charge in [-0.2, -0.15) is 4.31 Å². The van der Waals surface area contributed by atoms with E-state index < -0.39 is 21.5 Å². The van der Waals surface area contributed by atoms with Gasteiger partial charge in [-0.1, -0.05) is 0 Å². The van der Waals surface area contributed by atoms with Crippen LogP contribution >= 0.6 is 0 Å². The van der Waals surface area contributed by atoms with Gasteiger partial charge >= 0.3 is 0 Å². The van der Waals surface area contributed by atoms with Crippen LogP contribution in [0.2, 0.25) is 0 Å². The lowest BCUT2D eigenvalue weighted by Gasteiger charge is -2.41. The number of morpholine rings is 1. The minimum Gasteiger partial charge on any atom is -0.361 e. The molecule has 0 aromatic rings. The quantitative estimate of drug-likeness (QED) is 0.626. The summed E-state index contributed by atoms with van der Waals surface area (Å²) in [7, 11) is -3.52. The zero-order chi connectivity index (χ0) is 19.9. The maximum Gasteiger partial charge on any atom is 0.254 e. The molecule has 10 heteroatoms. The summed E-state index contributed by atoms with van der Waals surface area (Å²) in [5, 5.41) is 2.76. The third kappa shape index (κ3) is 3.55. The van der Waals surface area contributed by atoms with E-state index in [-0.39, 0.29) is 31.5 Å². The van der Waals surface area contributed by atoms with E-state index in [1.165, 1.54) is 17.1 Å². The highest BCUT2D eigenvalue weighted by Crippen LogP contribution is 2.36. The van der Waals surface area contributed by atoms with Gasteiger partial charge in [-0.25, -0.2) is 8.42 Å². The Balaban J connectivity index is 1.49. The Morgan fingerprint density at radius 3 is 2.46 bits per heavy atom. The number of hydrogen-bond donors (Lipinski definition) is 1. The molecule has 9 nitrogen and oxygen atoms in total. The van der Waals surface area contributed by atoms with E-state index in [2.05, 4.69) is 10.2 Å². The Morgan fingerprint density at radius 2 is 1.86 bits per heavy atom. The molecule has 0 aromatic carbocycles. The first-order valence-electron chi connectivity index (χ1n) is 10.2. The SMILES string of the molecule is CS(=O)(=O)N1C[C@H](C(=O)N2CCC(N3CCCC3)CC2)[C@@]2(C1)OCCNC2=O. The van der Waals surface area contributed by atoms with Gasteiger partial charge in [-0.3, -0.25) is 9.59 Å². The van der Waals surface area contributed by atoms with Crippen LogP contribution in [0.4, 0.5) is 0 Å². The van der Waals surface area contributed by atoms with Crippen molar-refractivity contribution < 1.29 is 22.7 Å². The third-order valence-corrected chi connectivity index (χ3v) is 7.91. The molecule has 4 aliphatic rings. The molecule has 2 atom stereocenters. The van der Waals surface area contributed by atoms with Gasteiger partial charge in [0.15, 0.2) is 5.60 Å². The first-order chi connectivity index (χ1) is 13.3. The number of sulfonamides is 1. The summed E-state index contributed by atoms with van der Waals surface area (Å²) in [4.78, 5) is 30.3. The Morgan fingerprint density at radius 1 is 1.18 bits per heavy atom. The molecule has 1 N–H and O–H groups in total. The Hall–Kier alpha value is -1.23. The van der Waals surface area contributed by atoms with Crippen LogP contribution < -0.4 is 5.32 Å². The fourth-order valence-corrected chi connectivity index (χ4v) is 5.93. The average molecular weight is 415 g/mol. The van der Waals surface area contributed by atoms with Crippen LogP contribution in [0.3, 0.4) is 0 Å². The van der Waals surface area contributed by atoms with E-state index >= 15 is 0 Å². The summed E-state index contributed by atoms with van der Waals surface area (Å²) in [5.74, 6) is -1.34. The molecule has 4 rings (SSSR count). The Bertz CT molecular complexity index is 730. The normalized spacial score (nSPS) is 33.5. The first-order valence-corrected chi connectivity index (χ1v) is 12.1. The molecule has 0 radical (unpaired) electrons. The lowest BCUT2D eigenvalue weighted by molar-refractivity contribution is -0.167.